The molecule has 0 aromatic heterocycles. The average molecular weight is 341 g/mol. The van der Waals surface area contributed by atoms with Crippen LogP contribution >= 0.6 is 27.7 Å². The normalized spacial score (nSPS) is 28.8. The smallest absolute Gasteiger partial charge is 0.336 e. The molecule has 1 N–H and O–H groups in total. The van der Waals surface area contributed by atoms with Crippen LogP contribution in [-0.2, 0) is 0 Å². The van der Waals surface area contributed by atoms with Crippen molar-refractivity contribution in [3.05, 3.63) is 28.2 Å². The Morgan fingerprint density at radius 3 is 2.84 bits per heavy atom. The zero-order valence-electron chi connectivity index (χ0n) is 10.6. The summed E-state index contributed by atoms with van der Waals surface area (Å²) < 4.78 is 0.952. The molecule has 2 bridgehead atoms. The molecule has 2 fully saturated rings. The van der Waals surface area contributed by atoms with Crippen molar-refractivity contribution in [2.75, 3.05) is 5.75 Å². The number of hydrogen-bond donors (Lipinski definition) is 1. The number of carbonyl (C=O) groups is 1. The summed E-state index contributed by atoms with van der Waals surface area (Å²) in [5.74, 6) is 2.89. The number of carboxylic acids is 1. The summed E-state index contributed by atoms with van der Waals surface area (Å²) in [5.41, 5.74) is 0.427. The quantitative estimate of drug-likeness (QED) is 0.809. The number of carboxylic acid groups (broad SMARTS) is 1. The van der Waals surface area contributed by atoms with Crippen molar-refractivity contribution in [1.29, 1.82) is 0 Å². The van der Waals surface area contributed by atoms with Gasteiger partial charge in [0.1, 0.15) is 0 Å². The minimum atomic E-state index is -0.831. The van der Waals surface area contributed by atoms with Crippen molar-refractivity contribution < 1.29 is 9.90 Å². The standard InChI is InChI=1S/C15H17BrO2S/c16-12-3-4-13(15(17)18)14(7-12)19-8-11-6-9-1-2-10(11)5-9/h3-4,7,9-11H,1-2,5-6,8H2,(H,17,18). The number of benzene rings is 1. The third kappa shape index (κ3) is 2.84. The highest BCUT2D eigenvalue weighted by Crippen LogP contribution is 2.49. The van der Waals surface area contributed by atoms with Gasteiger partial charge < -0.3 is 5.11 Å². The van der Waals surface area contributed by atoms with Gasteiger partial charge in [-0.15, -0.1) is 11.8 Å². The van der Waals surface area contributed by atoms with Gasteiger partial charge in [-0.3, -0.25) is 0 Å². The molecule has 0 heterocycles. The van der Waals surface area contributed by atoms with Crippen LogP contribution in [0.2, 0.25) is 0 Å². The van der Waals surface area contributed by atoms with E-state index < -0.39 is 5.97 Å². The molecule has 102 valence electrons. The van der Waals surface area contributed by atoms with E-state index in [0.29, 0.717) is 5.56 Å². The van der Waals surface area contributed by atoms with E-state index in [9.17, 15) is 9.90 Å². The molecule has 0 radical (unpaired) electrons. The Balaban J connectivity index is 1.69. The molecule has 19 heavy (non-hydrogen) atoms. The van der Waals surface area contributed by atoms with Crippen LogP contribution in [0.1, 0.15) is 36.0 Å². The summed E-state index contributed by atoms with van der Waals surface area (Å²) in [6.45, 7) is 0. The minimum Gasteiger partial charge on any atom is -0.478 e. The lowest BCUT2D eigenvalue weighted by atomic mass is 9.90. The zero-order chi connectivity index (χ0) is 13.4. The molecule has 2 aliphatic rings. The first kappa shape index (κ1) is 13.5. The molecule has 4 heteroatoms. The van der Waals surface area contributed by atoms with Gasteiger partial charge in [-0.05, 0) is 55.2 Å². The maximum absolute atomic E-state index is 11.2. The predicted molar refractivity (Wildman–Crippen MR) is 80.8 cm³/mol. The van der Waals surface area contributed by atoms with Crippen LogP contribution in [0.3, 0.4) is 0 Å². The Kier molecular flexibility index (Phi) is 3.90. The molecule has 2 nitrogen and oxygen atoms in total. The van der Waals surface area contributed by atoms with Crippen molar-refractivity contribution in [3.63, 3.8) is 0 Å². The number of hydrogen-bond acceptors (Lipinski definition) is 2. The summed E-state index contributed by atoms with van der Waals surface area (Å²) in [6.07, 6.45) is 5.58. The second-order valence-electron chi connectivity index (χ2n) is 5.69. The largest absolute Gasteiger partial charge is 0.478 e. The molecule has 2 aliphatic carbocycles. The Morgan fingerprint density at radius 2 is 2.21 bits per heavy atom. The first-order chi connectivity index (χ1) is 9.13. The predicted octanol–water partition coefficient (Wildman–Crippen LogP) is 4.68. The number of fused-ring (bicyclic) bond motifs is 2. The maximum atomic E-state index is 11.2. The van der Waals surface area contributed by atoms with E-state index in [2.05, 4.69) is 15.9 Å². The monoisotopic (exact) mass is 340 g/mol. The van der Waals surface area contributed by atoms with Gasteiger partial charge in [0.05, 0.1) is 5.56 Å². The molecular weight excluding hydrogens is 324 g/mol. The third-order valence-corrected chi connectivity index (χ3v) is 6.25. The van der Waals surface area contributed by atoms with Crippen molar-refractivity contribution >= 4 is 33.7 Å². The Morgan fingerprint density at radius 1 is 1.37 bits per heavy atom. The highest BCUT2D eigenvalue weighted by Gasteiger charge is 2.39. The van der Waals surface area contributed by atoms with Crippen molar-refractivity contribution in [2.45, 2.75) is 30.6 Å². The highest BCUT2D eigenvalue weighted by atomic mass is 79.9. The molecule has 3 atom stereocenters. The van der Waals surface area contributed by atoms with Crippen LogP contribution in [0.4, 0.5) is 0 Å². The first-order valence-corrected chi connectivity index (χ1v) is 8.57. The maximum Gasteiger partial charge on any atom is 0.336 e. The molecule has 3 unspecified atom stereocenters. The van der Waals surface area contributed by atoms with Crippen molar-refractivity contribution in [1.82, 2.24) is 0 Å². The SMILES string of the molecule is O=C(O)c1ccc(Br)cc1SCC1CC2CCC1C2. The fraction of sp³-hybridized carbons (Fsp3) is 0.533. The van der Waals surface area contributed by atoms with Crippen LogP contribution in [0, 0.1) is 17.8 Å². The molecule has 0 saturated heterocycles. The number of halogens is 1. The van der Waals surface area contributed by atoms with Gasteiger partial charge in [0.2, 0.25) is 0 Å². The Bertz CT molecular complexity index is 503. The number of thioether (sulfide) groups is 1. The lowest BCUT2D eigenvalue weighted by molar-refractivity contribution is 0.0693. The number of rotatable bonds is 4. The molecular formula is C15H17BrO2S. The van der Waals surface area contributed by atoms with E-state index in [4.69, 9.17) is 0 Å². The van der Waals surface area contributed by atoms with Gasteiger partial charge in [-0.25, -0.2) is 4.79 Å². The summed E-state index contributed by atoms with van der Waals surface area (Å²) >= 11 is 5.14. The van der Waals surface area contributed by atoms with Gasteiger partial charge >= 0.3 is 5.97 Å². The van der Waals surface area contributed by atoms with E-state index in [1.54, 1.807) is 23.9 Å². The van der Waals surface area contributed by atoms with Crippen LogP contribution in [-0.4, -0.2) is 16.8 Å². The zero-order valence-corrected chi connectivity index (χ0v) is 13.0. The number of aromatic carboxylic acids is 1. The Labute approximate surface area is 126 Å². The van der Waals surface area contributed by atoms with E-state index in [1.807, 2.05) is 6.07 Å². The third-order valence-electron chi connectivity index (χ3n) is 4.51. The Hall–Kier alpha value is -0.480. The lowest BCUT2D eigenvalue weighted by Gasteiger charge is -2.21. The topological polar surface area (TPSA) is 37.3 Å². The molecule has 3 rings (SSSR count). The van der Waals surface area contributed by atoms with E-state index in [-0.39, 0.29) is 0 Å². The highest BCUT2D eigenvalue weighted by molar-refractivity contribution is 9.10. The fourth-order valence-corrected chi connectivity index (χ4v) is 5.41. The molecule has 0 amide bonds. The first-order valence-electron chi connectivity index (χ1n) is 6.79. The van der Waals surface area contributed by atoms with Crippen LogP contribution in [0.15, 0.2) is 27.6 Å². The van der Waals surface area contributed by atoms with Gasteiger partial charge in [0.15, 0.2) is 0 Å². The summed E-state index contributed by atoms with van der Waals surface area (Å²) in [6, 6.07) is 5.42. The molecule has 0 spiro atoms. The van der Waals surface area contributed by atoms with Crippen molar-refractivity contribution in [3.8, 4) is 0 Å². The van der Waals surface area contributed by atoms with Gasteiger partial charge in [-0.2, -0.15) is 0 Å². The molecule has 2 saturated carbocycles. The van der Waals surface area contributed by atoms with Gasteiger partial charge in [-0.1, -0.05) is 22.4 Å². The fourth-order valence-electron chi connectivity index (χ4n) is 3.57. The van der Waals surface area contributed by atoms with Crippen molar-refractivity contribution in [2.24, 2.45) is 17.8 Å². The van der Waals surface area contributed by atoms with Crippen LogP contribution in [0.25, 0.3) is 0 Å². The molecule has 1 aromatic carbocycles. The van der Waals surface area contributed by atoms with Crippen LogP contribution < -0.4 is 0 Å². The summed E-state index contributed by atoms with van der Waals surface area (Å²) in [7, 11) is 0. The van der Waals surface area contributed by atoms with Gasteiger partial charge in [0, 0.05) is 15.1 Å². The average Bonchev–Trinajstić information content (AvgIpc) is 2.98. The second kappa shape index (κ2) is 5.49. The second-order valence-corrected chi connectivity index (χ2v) is 7.67. The minimum absolute atomic E-state index is 0.427. The molecule has 0 aliphatic heterocycles. The van der Waals surface area contributed by atoms with Gasteiger partial charge in [0.25, 0.3) is 0 Å². The van der Waals surface area contributed by atoms with E-state index >= 15 is 0 Å². The van der Waals surface area contributed by atoms with E-state index in [0.717, 1.165) is 32.9 Å². The summed E-state index contributed by atoms with van der Waals surface area (Å²) in [5, 5.41) is 9.23. The summed E-state index contributed by atoms with van der Waals surface area (Å²) in [4.78, 5) is 12.1. The van der Waals surface area contributed by atoms with E-state index in [1.165, 1.54) is 25.7 Å². The van der Waals surface area contributed by atoms with Crippen LogP contribution in [0.5, 0.6) is 0 Å². The lowest BCUT2D eigenvalue weighted by Crippen LogP contribution is -2.13. The molecule has 1 aromatic rings.